The lowest BCUT2D eigenvalue weighted by atomic mass is 10.3. The number of thioether (sulfide) groups is 1. The van der Waals surface area contributed by atoms with Crippen molar-refractivity contribution in [2.45, 2.75) is 30.9 Å². The molecule has 0 bridgehead atoms. The van der Waals surface area contributed by atoms with Gasteiger partial charge < -0.3 is 0 Å². The van der Waals surface area contributed by atoms with E-state index in [9.17, 15) is 8.42 Å². The minimum Gasteiger partial charge on any atom is -0.284 e. The summed E-state index contributed by atoms with van der Waals surface area (Å²) in [6.45, 7) is 5.86. The zero-order valence-electron chi connectivity index (χ0n) is 9.73. The number of rotatable bonds is 5. The maximum atomic E-state index is 11.3. The molecule has 0 aliphatic heterocycles. The zero-order valence-corrected chi connectivity index (χ0v) is 11.4. The Kier molecular flexibility index (Phi) is 4.68. The van der Waals surface area contributed by atoms with Crippen molar-refractivity contribution in [2.24, 2.45) is 0 Å². The van der Waals surface area contributed by atoms with Crippen molar-refractivity contribution in [3.05, 3.63) is 24.3 Å². The summed E-state index contributed by atoms with van der Waals surface area (Å²) in [5.41, 5.74) is 0.620. The van der Waals surface area contributed by atoms with Crippen LogP contribution in [0.5, 0.6) is 0 Å². The highest BCUT2D eigenvalue weighted by molar-refractivity contribution is 7.99. The van der Waals surface area contributed by atoms with Gasteiger partial charge in [-0.15, -0.1) is 11.8 Å². The van der Waals surface area contributed by atoms with E-state index in [1.165, 1.54) is 0 Å². The Morgan fingerprint density at radius 1 is 1.25 bits per heavy atom. The lowest BCUT2D eigenvalue weighted by Crippen LogP contribution is -2.14. The molecular formula is C11H17NO2S2. The minimum absolute atomic E-state index is 0.0928. The number of benzene rings is 1. The smallest absolute Gasteiger partial charge is 0.232 e. The summed E-state index contributed by atoms with van der Waals surface area (Å²) in [6, 6.07) is 7.44. The van der Waals surface area contributed by atoms with Gasteiger partial charge in [-0.3, -0.25) is 4.72 Å². The van der Waals surface area contributed by atoms with E-state index < -0.39 is 10.0 Å². The van der Waals surface area contributed by atoms with Crippen LogP contribution in [-0.2, 0) is 10.0 Å². The van der Waals surface area contributed by atoms with E-state index in [2.05, 4.69) is 18.6 Å². The first-order chi connectivity index (χ1) is 7.43. The predicted molar refractivity (Wildman–Crippen MR) is 70.5 cm³/mol. The summed E-state index contributed by atoms with van der Waals surface area (Å²) >= 11 is 1.75. The molecule has 0 heterocycles. The van der Waals surface area contributed by atoms with Gasteiger partial charge in [0.05, 0.1) is 5.75 Å². The lowest BCUT2D eigenvalue weighted by molar-refractivity contribution is 0.602. The van der Waals surface area contributed by atoms with Crippen LogP contribution in [0.15, 0.2) is 29.2 Å². The van der Waals surface area contributed by atoms with Gasteiger partial charge in [0.1, 0.15) is 0 Å². The molecule has 0 unspecified atom stereocenters. The van der Waals surface area contributed by atoms with Crippen LogP contribution in [0.3, 0.4) is 0 Å². The highest BCUT2D eigenvalue weighted by Crippen LogP contribution is 2.24. The fourth-order valence-electron chi connectivity index (χ4n) is 1.13. The van der Waals surface area contributed by atoms with Gasteiger partial charge in [0.15, 0.2) is 0 Å². The molecule has 0 aliphatic rings. The molecule has 1 aromatic rings. The van der Waals surface area contributed by atoms with Gasteiger partial charge in [0.25, 0.3) is 0 Å². The van der Waals surface area contributed by atoms with Crippen LogP contribution in [0.25, 0.3) is 0 Å². The summed E-state index contributed by atoms with van der Waals surface area (Å²) in [7, 11) is -3.17. The van der Waals surface area contributed by atoms with Crippen LogP contribution in [0.1, 0.15) is 20.8 Å². The largest absolute Gasteiger partial charge is 0.284 e. The van der Waals surface area contributed by atoms with Crippen molar-refractivity contribution in [1.82, 2.24) is 0 Å². The Morgan fingerprint density at radius 2 is 1.81 bits per heavy atom. The van der Waals surface area contributed by atoms with Crippen LogP contribution in [0.4, 0.5) is 5.69 Å². The van der Waals surface area contributed by atoms with E-state index in [1.807, 2.05) is 12.1 Å². The second-order valence-electron chi connectivity index (χ2n) is 3.70. The Hall–Kier alpha value is -0.680. The van der Waals surface area contributed by atoms with Crippen molar-refractivity contribution < 1.29 is 8.42 Å². The summed E-state index contributed by atoms with van der Waals surface area (Å²) in [5.74, 6) is 0.0928. The first-order valence-electron chi connectivity index (χ1n) is 5.20. The fraction of sp³-hybridized carbons (Fsp3) is 0.455. The third-order valence-electron chi connectivity index (χ3n) is 1.88. The Balaban J connectivity index is 2.72. The van der Waals surface area contributed by atoms with Gasteiger partial charge >= 0.3 is 0 Å². The van der Waals surface area contributed by atoms with Gasteiger partial charge in [-0.25, -0.2) is 8.42 Å². The first kappa shape index (κ1) is 13.4. The van der Waals surface area contributed by atoms with E-state index >= 15 is 0 Å². The van der Waals surface area contributed by atoms with E-state index in [0.717, 1.165) is 4.90 Å². The second kappa shape index (κ2) is 5.59. The normalized spacial score (nSPS) is 11.8. The molecule has 0 radical (unpaired) electrons. The molecule has 0 saturated heterocycles. The maximum absolute atomic E-state index is 11.3. The minimum atomic E-state index is -3.17. The van der Waals surface area contributed by atoms with Crippen molar-refractivity contribution in [3.63, 3.8) is 0 Å². The number of nitrogens with one attached hydrogen (secondary N) is 1. The topological polar surface area (TPSA) is 46.2 Å². The van der Waals surface area contributed by atoms with Crippen LogP contribution in [0.2, 0.25) is 0 Å². The van der Waals surface area contributed by atoms with Gasteiger partial charge in [-0.2, -0.15) is 0 Å². The highest BCUT2D eigenvalue weighted by Gasteiger charge is 2.06. The summed E-state index contributed by atoms with van der Waals surface area (Å²) < 4.78 is 25.1. The van der Waals surface area contributed by atoms with E-state index in [-0.39, 0.29) is 5.75 Å². The quantitative estimate of drug-likeness (QED) is 0.827. The molecule has 0 spiro atoms. The molecule has 16 heavy (non-hydrogen) atoms. The highest BCUT2D eigenvalue weighted by atomic mass is 32.2. The third-order valence-corrected chi connectivity index (χ3v) is 4.20. The predicted octanol–water partition coefficient (Wildman–Crippen LogP) is 2.95. The van der Waals surface area contributed by atoms with Gasteiger partial charge in [0, 0.05) is 15.8 Å². The molecular weight excluding hydrogens is 242 g/mol. The average Bonchev–Trinajstić information content (AvgIpc) is 2.20. The molecule has 0 aromatic heterocycles. The number of hydrogen-bond donors (Lipinski definition) is 1. The molecule has 1 N–H and O–H groups in total. The van der Waals surface area contributed by atoms with Crippen LogP contribution < -0.4 is 4.72 Å². The molecule has 3 nitrogen and oxygen atoms in total. The van der Waals surface area contributed by atoms with E-state index in [1.54, 1.807) is 30.8 Å². The molecule has 0 aliphatic carbocycles. The summed E-state index contributed by atoms with van der Waals surface area (Å²) in [6.07, 6.45) is 0. The van der Waals surface area contributed by atoms with Crippen LogP contribution >= 0.6 is 11.8 Å². The van der Waals surface area contributed by atoms with E-state index in [4.69, 9.17) is 0 Å². The number of sulfonamides is 1. The van der Waals surface area contributed by atoms with Gasteiger partial charge in [0.2, 0.25) is 10.0 Å². The van der Waals surface area contributed by atoms with E-state index in [0.29, 0.717) is 10.9 Å². The Morgan fingerprint density at radius 3 is 2.25 bits per heavy atom. The fourth-order valence-corrected chi connectivity index (χ4v) is 2.60. The average molecular weight is 259 g/mol. The number of hydrogen-bond acceptors (Lipinski definition) is 3. The van der Waals surface area contributed by atoms with Crippen molar-refractivity contribution in [2.75, 3.05) is 10.5 Å². The summed E-state index contributed by atoms with van der Waals surface area (Å²) in [4.78, 5) is 1.15. The van der Waals surface area contributed by atoms with Gasteiger partial charge in [-0.1, -0.05) is 13.8 Å². The molecule has 0 amide bonds. The molecule has 1 rings (SSSR count). The van der Waals surface area contributed by atoms with Gasteiger partial charge in [-0.05, 0) is 31.2 Å². The SMILES string of the molecule is CCS(=O)(=O)Nc1ccc(SC(C)C)cc1. The molecule has 0 fully saturated rings. The Labute approximate surface area is 102 Å². The molecule has 0 saturated carbocycles. The molecule has 0 atom stereocenters. The lowest BCUT2D eigenvalue weighted by Gasteiger charge is -2.08. The zero-order chi connectivity index (χ0) is 12.2. The second-order valence-corrected chi connectivity index (χ2v) is 7.36. The van der Waals surface area contributed by atoms with Crippen molar-refractivity contribution in [3.8, 4) is 0 Å². The standard InChI is InChI=1S/C11H17NO2S2/c1-4-16(13,14)12-10-5-7-11(8-6-10)15-9(2)3/h5-9,12H,4H2,1-3H3. The Bertz CT molecular complexity index is 424. The maximum Gasteiger partial charge on any atom is 0.232 e. The molecule has 1 aromatic carbocycles. The van der Waals surface area contributed by atoms with Crippen LogP contribution in [-0.4, -0.2) is 19.4 Å². The third kappa shape index (κ3) is 4.45. The van der Waals surface area contributed by atoms with Crippen molar-refractivity contribution >= 4 is 27.5 Å². The first-order valence-corrected chi connectivity index (χ1v) is 7.73. The molecule has 90 valence electrons. The van der Waals surface area contributed by atoms with Crippen molar-refractivity contribution in [1.29, 1.82) is 0 Å². The number of anilines is 1. The molecule has 5 heteroatoms. The summed E-state index contributed by atoms with van der Waals surface area (Å²) in [5, 5.41) is 0.526. The van der Waals surface area contributed by atoms with Crippen LogP contribution in [0, 0.1) is 0 Å². The monoisotopic (exact) mass is 259 g/mol.